The minimum Gasteiger partial charge on any atom is -0.478 e. The van der Waals surface area contributed by atoms with Crippen molar-refractivity contribution in [2.45, 2.75) is 13.0 Å². The fourth-order valence-electron chi connectivity index (χ4n) is 0.471. The first-order chi connectivity index (χ1) is 5.13. The average molecular weight is 175 g/mol. The van der Waals surface area contributed by atoms with Gasteiger partial charge in [0.25, 0.3) is 0 Å². The molecule has 3 nitrogen and oxygen atoms in total. The van der Waals surface area contributed by atoms with Crippen LogP contribution in [0.5, 0.6) is 0 Å². The van der Waals surface area contributed by atoms with Crippen LogP contribution >= 0.6 is 11.8 Å². The predicted octanol–water partition coefficient (Wildman–Crippen LogP) is 0.708. The standard InChI is InChI=1S/C7H13NO2S/c1-6(8)5-11-4-2-3-7(9)10/h2-3,6H,4-5,8H2,1H3,(H,9,10)/b3-2+. The summed E-state index contributed by atoms with van der Waals surface area (Å²) in [4.78, 5) is 9.98. The molecule has 0 bridgehead atoms. The maximum absolute atomic E-state index is 9.98. The van der Waals surface area contributed by atoms with E-state index in [0.29, 0.717) is 5.75 Å². The molecule has 0 aliphatic carbocycles. The minimum absolute atomic E-state index is 0.179. The van der Waals surface area contributed by atoms with E-state index in [4.69, 9.17) is 10.8 Å². The van der Waals surface area contributed by atoms with Crippen LogP contribution in [0.4, 0.5) is 0 Å². The van der Waals surface area contributed by atoms with Crippen molar-refractivity contribution in [2.75, 3.05) is 11.5 Å². The zero-order chi connectivity index (χ0) is 8.69. The van der Waals surface area contributed by atoms with E-state index < -0.39 is 5.97 Å². The largest absolute Gasteiger partial charge is 0.478 e. The lowest BCUT2D eigenvalue weighted by molar-refractivity contribution is -0.131. The number of aliphatic carboxylic acids is 1. The Balaban J connectivity index is 3.21. The van der Waals surface area contributed by atoms with Gasteiger partial charge in [-0.15, -0.1) is 0 Å². The fourth-order valence-corrected chi connectivity index (χ4v) is 1.21. The predicted molar refractivity (Wildman–Crippen MR) is 47.8 cm³/mol. The number of rotatable bonds is 5. The highest BCUT2D eigenvalue weighted by Gasteiger charge is 1.91. The summed E-state index contributed by atoms with van der Waals surface area (Å²) >= 11 is 1.63. The van der Waals surface area contributed by atoms with E-state index in [1.54, 1.807) is 17.8 Å². The van der Waals surface area contributed by atoms with Crippen LogP contribution in [0.1, 0.15) is 6.92 Å². The number of thioether (sulfide) groups is 1. The molecule has 0 aromatic heterocycles. The molecule has 0 heterocycles. The van der Waals surface area contributed by atoms with Crippen molar-refractivity contribution < 1.29 is 9.90 Å². The number of carboxylic acids is 1. The van der Waals surface area contributed by atoms with Gasteiger partial charge in [0.05, 0.1) is 0 Å². The summed E-state index contributed by atoms with van der Waals surface area (Å²) in [5.41, 5.74) is 5.47. The Bertz CT molecular complexity index is 145. The summed E-state index contributed by atoms with van der Waals surface area (Å²) in [7, 11) is 0. The van der Waals surface area contributed by atoms with E-state index >= 15 is 0 Å². The Morgan fingerprint density at radius 2 is 2.45 bits per heavy atom. The summed E-state index contributed by atoms with van der Waals surface area (Å²) in [6, 6.07) is 0.179. The molecule has 0 aliphatic heterocycles. The second kappa shape index (κ2) is 6.24. The molecule has 0 saturated heterocycles. The van der Waals surface area contributed by atoms with Gasteiger partial charge in [-0.1, -0.05) is 6.08 Å². The van der Waals surface area contributed by atoms with E-state index in [0.717, 1.165) is 11.8 Å². The summed E-state index contributed by atoms with van der Waals surface area (Å²) < 4.78 is 0. The highest BCUT2D eigenvalue weighted by Crippen LogP contribution is 2.00. The molecule has 1 unspecified atom stereocenters. The highest BCUT2D eigenvalue weighted by atomic mass is 32.2. The van der Waals surface area contributed by atoms with Gasteiger partial charge >= 0.3 is 5.97 Å². The smallest absolute Gasteiger partial charge is 0.328 e. The highest BCUT2D eigenvalue weighted by molar-refractivity contribution is 7.99. The maximum atomic E-state index is 9.98. The maximum Gasteiger partial charge on any atom is 0.328 e. The molecule has 0 saturated carbocycles. The molecule has 0 spiro atoms. The SMILES string of the molecule is CC(N)CSC/C=C/C(=O)O. The summed E-state index contributed by atoms with van der Waals surface area (Å²) in [5, 5.41) is 8.20. The van der Waals surface area contributed by atoms with Crippen molar-refractivity contribution >= 4 is 17.7 Å². The summed E-state index contributed by atoms with van der Waals surface area (Å²) in [6.07, 6.45) is 2.77. The van der Waals surface area contributed by atoms with Gasteiger partial charge in [-0.05, 0) is 6.92 Å². The molecule has 0 rings (SSSR count). The number of hydrogen-bond donors (Lipinski definition) is 2. The number of carbonyl (C=O) groups is 1. The number of hydrogen-bond acceptors (Lipinski definition) is 3. The van der Waals surface area contributed by atoms with Crippen LogP contribution in [0.2, 0.25) is 0 Å². The Labute approximate surface area is 70.7 Å². The van der Waals surface area contributed by atoms with E-state index in [9.17, 15) is 4.79 Å². The topological polar surface area (TPSA) is 63.3 Å². The van der Waals surface area contributed by atoms with Gasteiger partial charge in [0.2, 0.25) is 0 Å². The molecular formula is C7H13NO2S. The van der Waals surface area contributed by atoms with Crippen LogP contribution < -0.4 is 5.73 Å². The fraction of sp³-hybridized carbons (Fsp3) is 0.571. The Morgan fingerprint density at radius 3 is 2.91 bits per heavy atom. The van der Waals surface area contributed by atoms with E-state index in [1.165, 1.54) is 0 Å². The van der Waals surface area contributed by atoms with Gasteiger partial charge in [0.15, 0.2) is 0 Å². The molecule has 0 aromatic rings. The first-order valence-electron chi connectivity index (χ1n) is 3.35. The molecular weight excluding hydrogens is 162 g/mol. The first kappa shape index (κ1) is 10.5. The van der Waals surface area contributed by atoms with Crippen molar-refractivity contribution in [2.24, 2.45) is 5.73 Å². The summed E-state index contributed by atoms with van der Waals surface area (Å²) in [5.74, 6) is 0.684. The molecule has 0 fully saturated rings. The summed E-state index contributed by atoms with van der Waals surface area (Å²) in [6.45, 7) is 1.92. The van der Waals surface area contributed by atoms with Crippen molar-refractivity contribution in [3.8, 4) is 0 Å². The molecule has 0 amide bonds. The molecule has 4 heteroatoms. The lowest BCUT2D eigenvalue weighted by Gasteiger charge is -2.00. The van der Waals surface area contributed by atoms with E-state index in [1.807, 2.05) is 6.92 Å². The molecule has 64 valence electrons. The van der Waals surface area contributed by atoms with E-state index in [2.05, 4.69) is 0 Å². The Kier molecular flexibility index (Phi) is 5.97. The number of carboxylic acid groups (broad SMARTS) is 1. The molecule has 0 aromatic carbocycles. The van der Waals surface area contributed by atoms with E-state index in [-0.39, 0.29) is 6.04 Å². The third-order valence-electron chi connectivity index (χ3n) is 0.855. The minimum atomic E-state index is -0.897. The average Bonchev–Trinajstić information content (AvgIpc) is 1.85. The Hall–Kier alpha value is -0.480. The van der Waals surface area contributed by atoms with Gasteiger partial charge in [0, 0.05) is 23.6 Å². The zero-order valence-electron chi connectivity index (χ0n) is 6.49. The third-order valence-corrected chi connectivity index (χ3v) is 2.04. The molecule has 0 radical (unpaired) electrons. The van der Waals surface area contributed by atoms with Gasteiger partial charge in [0.1, 0.15) is 0 Å². The monoisotopic (exact) mass is 175 g/mol. The van der Waals surface area contributed by atoms with Crippen molar-refractivity contribution in [3.05, 3.63) is 12.2 Å². The second-order valence-corrected chi connectivity index (χ2v) is 3.33. The quantitative estimate of drug-likeness (QED) is 0.477. The van der Waals surface area contributed by atoms with Crippen molar-refractivity contribution in [1.82, 2.24) is 0 Å². The lowest BCUT2D eigenvalue weighted by atomic mass is 10.4. The van der Waals surface area contributed by atoms with Crippen LogP contribution in [0, 0.1) is 0 Å². The van der Waals surface area contributed by atoms with Crippen LogP contribution in [-0.4, -0.2) is 28.6 Å². The second-order valence-electron chi connectivity index (χ2n) is 2.26. The van der Waals surface area contributed by atoms with Gasteiger partial charge in [-0.2, -0.15) is 11.8 Å². The molecule has 0 aliphatic rings. The normalized spacial score (nSPS) is 13.6. The van der Waals surface area contributed by atoms with Gasteiger partial charge in [-0.3, -0.25) is 0 Å². The van der Waals surface area contributed by atoms with Crippen LogP contribution in [-0.2, 0) is 4.79 Å². The van der Waals surface area contributed by atoms with Crippen molar-refractivity contribution in [3.63, 3.8) is 0 Å². The van der Waals surface area contributed by atoms with Gasteiger partial charge < -0.3 is 10.8 Å². The Morgan fingerprint density at radius 1 is 1.82 bits per heavy atom. The van der Waals surface area contributed by atoms with Crippen LogP contribution in [0.3, 0.4) is 0 Å². The third kappa shape index (κ3) is 9.52. The lowest BCUT2D eigenvalue weighted by Crippen LogP contribution is -2.17. The molecule has 11 heavy (non-hydrogen) atoms. The zero-order valence-corrected chi connectivity index (χ0v) is 7.30. The molecule has 1 atom stereocenters. The van der Waals surface area contributed by atoms with Gasteiger partial charge in [-0.25, -0.2) is 4.79 Å². The van der Waals surface area contributed by atoms with Crippen molar-refractivity contribution in [1.29, 1.82) is 0 Å². The number of nitrogens with two attached hydrogens (primary N) is 1. The first-order valence-corrected chi connectivity index (χ1v) is 4.51. The van der Waals surface area contributed by atoms with Crippen LogP contribution in [0.25, 0.3) is 0 Å². The van der Waals surface area contributed by atoms with Crippen LogP contribution in [0.15, 0.2) is 12.2 Å². The molecule has 3 N–H and O–H groups in total.